The van der Waals surface area contributed by atoms with E-state index in [1.54, 1.807) is 11.3 Å². The van der Waals surface area contributed by atoms with Gasteiger partial charge in [-0.25, -0.2) is 0 Å². The topological polar surface area (TPSA) is 26.0 Å². The Morgan fingerprint density at radius 3 is 2.58 bits per heavy atom. The lowest BCUT2D eigenvalue weighted by molar-refractivity contribution is 0.681. The van der Waals surface area contributed by atoms with Gasteiger partial charge in [0.2, 0.25) is 0 Å². The van der Waals surface area contributed by atoms with Crippen molar-refractivity contribution in [3.8, 4) is 11.8 Å². The van der Waals surface area contributed by atoms with Crippen LogP contribution in [0.2, 0.25) is 0 Å². The van der Waals surface area contributed by atoms with Crippen LogP contribution in [0.15, 0.2) is 11.4 Å². The summed E-state index contributed by atoms with van der Waals surface area (Å²) >= 11 is 1.66. The summed E-state index contributed by atoms with van der Waals surface area (Å²) in [6.45, 7) is 5.87. The highest BCUT2D eigenvalue weighted by Gasteiger charge is 2.04. The van der Waals surface area contributed by atoms with E-state index in [2.05, 4.69) is 24.8 Å². The van der Waals surface area contributed by atoms with E-state index in [1.165, 1.54) is 5.56 Å². The fourth-order valence-electron chi connectivity index (χ4n) is 0.719. The third kappa shape index (κ3) is 2.69. The molecule has 0 fully saturated rings. The van der Waals surface area contributed by atoms with E-state index in [9.17, 15) is 0 Å². The molecule has 1 heterocycles. The molecule has 0 bridgehead atoms. The summed E-state index contributed by atoms with van der Waals surface area (Å²) in [4.78, 5) is 1.12. The Hall–Kier alpha value is -0.780. The van der Waals surface area contributed by atoms with Crippen LogP contribution in [0.5, 0.6) is 0 Å². The molecule has 0 aliphatic carbocycles. The lowest BCUT2D eigenvalue weighted by Gasteiger charge is -2.07. The number of hydrogen-bond donors (Lipinski definition) is 1. The van der Waals surface area contributed by atoms with Crippen molar-refractivity contribution in [3.63, 3.8) is 0 Å². The normalized spacial score (nSPS) is 10.7. The Labute approximate surface area is 77.6 Å². The molecule has 1 aromatic rings. The van der Waals surface area contributed by atoms with E-state index in [-0.39, 0.29) is 0 Å². The van der Waals surface area contributed by atoms with Gasteiger partial charge < -0.3 is 5.73 Å². The van der Waals surface area contributed by atoms with Crippen molar-refractivity contribution in [2.24, 2.45) is 5.73 Å². The Morgan fingerprint density at radius 2 is 2.17 bits per heavy atom. The highest BCUT2D eigenvalue weighted by molar-refractivity contribution is 7.10. The summed E-state index contributed by atoms with van der Waals surface area (Å²) < 4.78 is 0. The molecule has 12 heavy (non-hydrogen) atoms. The quantitative estimate of drug-likeness (QED) is 0.607. The minimum Gasteiger partial charge on any atom is -0.316 e. The van der Waals surface area contributed by atoms with Crippen LogP contribution in [0.4, 0.5) is 0 Å². The van der Waals surface area contributed by atoms with Gasteiger partial charge >= 0.3 is 0 Å². The van der Waals surface area contributed by atoms with Crippen molar-refractivity contribution >= 4 is 11.3 Å². The van der Waals surface area contributed by atoms with Crippen LogP contribution >= 0.6 is 11.3 Å². The molecule has 0 saturated heterocycles. The Bertz CT molecular complexity index is 320. The van der Waals surface area contributed by atoms with Crippen LogP contribution in [0.3, 0.4) is 0 Å². The summed E-state index contributed by atoms with van der Waals surface area (Å²) in [7, 11) is 0. The van der Waals surface area contributed by atoms with Gasteiger partial charge in [0.25, 0.3) is 0 Å². The molecule has 0 radical (unpaired) electrons. The van der Waals surface area contributed by atoms with Gasteiger partial charge in [0.1, 0.15) is 0 Å². The molecule has 0 atom stereocenters. The number of aryl methyl sites for hydroxylation is 1. The lowest BCUT2D eigenvalue weighted by atomic mass is 10.1. The largest absolute Gasteiger partial charge is 0.316 e. The average Bonchev–Trinajstić information content (AvgIpc) is 2.29. The lowest BCUT2D eigenvalue weighted by Crippen LogP contribution is -2.29. The third-order valence-electron chi connectivity index (χ3n) is 1.36. The van der Waals surface area contributed by atoms with Gasteiger partial charge in [-0.1, -0.05) is 11.8 Å². The first-order valence-electron chi connectivity index (χ1n) is 3.85. The molecule has 0 aromatic carbocycles. The van der Waals surface area contributed by atoms with Gasteiger partial charge in [0.15, 0.2) is 0 Å². The highest BCUT2D eigenvalue weighted by atomic mass is 32.1. The Balaban J connectivity index is 2.87. The monoisotopic (exact) mass is 179 g/mol. The smallest absolute Gasteiger partial charge is 0.0798 e. The first-order chi connectivity index (χ1) is 5.49. The van der Waals surface area contributed by atoms with E-state index >= 15 is 0 Å². The van der Waals surface area contributed by atoms with Gasteiger partial charge in [0, 0.05) is 0 Å². The maximum atomic E-state index is 5.73. The summed E-state index contributed by atoms with van der Waals surface area (Å²) in [6, 6.07) is 2.07. The Morgan fingerprint density at radius 1 is 1.50 bits per heavy atom. The zero-order valence-corrected chi connectivity index (χ0v) is 8.46. The number of thiophene rings is 1. The zero-order chi connectivity index (χ0) is 9.19. The van der Waals surface area contributed by atoms with Gasteiger partial charge in [-0.3, -0.25) is 0 Å². The second-order valence-electron chi connectivity index (χ2n) is 3.40. The molecular weight excluding hydrogens is 166 g/mol. The van der Waals surface area contributed by atoms with Crippen molar-refractivity contribution in [1.82, 2.24) is 0 Å². The van der Waals surface area contributed by atoms with E-state index < -0.39 is 5.54 Å². The van der Waals surface area contributed by atoms with Gasteiger partial charge in [-0.2, -0.15) is 0 Å². The van der Waals surface area contributed by atoms with E-state index in [0.717, 1.165) is 4.88 Å². The summed E-state index contributed by atoms with van der Waals surface area (Å²) in [5.74, 6) is 6.08. The summed E-state index contributed by atoms with van der Waals surface area (Å²) in [5, 5.41) is 2.04. The predicted octanol–water partition coefficient (Wildman–Crippen LogP) is 2.15. The molecule has 0 aliphatic heterocycles. The molecule has 64 valence electrons. The summed E-state index contributed by atoms with van der Waals surface area (Å²) in [5.41, 5.74) is 6.57. The molecule has 0 spiro atoms. The SMILES string of the molecule is Cc1ccsc1C#CC(C)(C)N. The molecular formula is C10H13NS. The molecule has 0 saturated carbocycles. The van der Waals surface area contributed by atoms with Crippen molar-refractivity contribution in [3.05, 3.63) is 21.9 Å². The van der Waals surface area contributed by atoms with E-state index in [0.29, 0.717) is 0 Å². The van der Waals surface area contributed by atoms with E-state index in [4.69, 9.17) is 5.73 Å². The fraction of sp³-hybridized carbons (Fsp3) is 0.400. The van der Waals surface area contributed by atoms with Crippen molar-refractivity contribution in [1.29, 1.82) is 0 Å². The molecule has 1 aromatic heterocycles. The predicted molar refractivity (Wildman–Crippen MR) is 54.2 cm³/mol. The van der Waals surface area contributed by atoms with Gasteiger partial charge in [-0.05, 0) is 37.8 Å². The summed E-state index contributed by atoms with van der Waals surface area (Å²) in [6.07, 6.45) is 0. The first kappa shape index (κ1) is 9.31. The van der Waals surface area contributed by atoms with Crippen molar-refractivity contribution in [2.75, 3.05) is 0 Å². The molecule has 0 aliphatic rings. The average molecular weight is 179 g/mol. The second kappa shape index (κ2) is 3.30. The highest BCUT2D eigenvalue weighted by Crippen LogP contribution is 2.13. The van der Waals surface area contributed by atoms with Crippen LogP contribution < -0.4 is 5.73 Å². The zero-order valence-electron chi connectivity index (χ0n) is 7.64. The van der Waals surface area contributed by atoms with Crippen molar-refractivity contribution in [2.45, 2.75) is 26.3 Å². The Kier molecular flexibility index (Phi) is 2.56. The molecule has 2 N–H and O–H groups in total. The van der Waals surface area contributed by atoms with Crippen LogP contribution in [-0.2, 0) is 0 Å². The van der Waals surface area contributed by atoms with Crippen LogP contribution in [0, 0.1) is 18.8 Å². The van der Waals surface area contributed by atoms with Crippen molar-refractivity contribution < 1.29 is 0 Å². The number of rotatable bonds is 0. The minimum atomic E-state index is -0.392. The van der Waals surface area contributed by atoms with Crippen LogP contribution in [0.25, 0.3) is 0 Å². The fourth-order valence-corrected chi connectivity index (χ4v) is 1.49. The van der Waals surface area contributed by atoms with Gasteiger partial charge in [-0.15, -0.1) is 11.3 Å². The maximum Gasteiger partial charge on any atom is 0.0798 e. The molecule has 1 nitrogen and oxygen atoms in total. The van der Waals surface area contributed by atoms with Crippen LogP contribution in [-0.4, -0.2) is 5.54 Å². The maximum absolute atomic E-state index is 5.73. The third-order valence-corrected chi connectivity index (χ3v) is 2.29. The molecule has 1 rings (SSSR count). The standard InChI is InChI=1S/C10H13NS/c1-8-5-7-12-9(8)4-6-10(2,3)11/h5,7H,11H2,1-3H3. The number of nitrogens with two attached hydrogens (primary N) is 1. The number of hydrogen-bond acceptors (Lipinski definition) is 2. The van der Waals surface area contributed by atoms with E-state index in [1.807, 2.05) is 19.2 Å². The molecule has 0 amide bonds. The van der Waals surface area contributed by atoms with Gasteiger partial charge in [0.05, 0.1) is 10.4 Å². The minimum absolute atomic E-state index is 0.392. The second-order valence-corrected chi connectivity index (χ2v) is 4.32. The van der Waals surface area contributed by atoms with Crippen LogP contribution in [0.1, 0.15) is 24.3 Å². The molecule has 2 heteroatoms. The first-order valence-corrected chi connectivity index (χ1v) is 4.73. The molecule has 0 unspecified atom stereocenters.